The lowest BCUT2D eigenvalue weighted by molar-refractivity contribution is -0.140. The van der Waals surface area contributed by atoms with Gasteiger partial charge in [-0.05, 0) is 56.5 Å². The smallest absolute Gasteiger partial charge is 0.242 e. The number of amides is 2. The van der Waals surface area contributed by atoms with E-state index in [9.17, 15) is 18.0 Å². The molecule has 38 heavy (non-hydrogen) atoms. The van der Waals surface area contributed by atoms with Crippen molar-refractivity contribution < 1.29 is 18.0 Å². The molecule has 0 radical (unpaired) electrons. The number of hydrogen-bond donors (Lipinski definition) is 1. The number of carbonyl (C=O) groups excluding carboxylic acids is 2. The summed E-state index contributed by atoms with van der Waals surface area (Å²) in [5.41, 5.74) is 0.770. The van der Waals surface area contributed by atoms with Gasteiger partial charge in [0.1, 0.15) is 6.04 Å². The maximum absolute atomic E-state index is 13.5. The average Bonchev–Trinajstić information content (AvgIpc) is 3.35. The van der Waals surface area contributed by atoms with Gasteiger partial charge in [-0.1, -0.05) is 65.3 Å². The van der Waals surface area contributed by atoms with Crippen LogP contribution in [0.5, 0.6) is 0 Å². The van der Waals surface area contributed by atoms with Gasteiger partial charge in [-0.3, -0.25) is 13.9 Å². The van der Waals surface area contributed by atoms with Crippen molar-refractivity contribution in [2.75, 3.05) is 17.1 Å². The molecule has 1 fully saturated rings. The molecule has 0 aromatic heterocycles. The number of nitrogens with one attached hydrogen (secondary N) is 1. The van der Waals surface area contributed by atoms with Gasteiger partial charge >= 0.3 is 0 Å². The van der Waals surface area contributed by atoms with E-state index < -0.39 is 16.1 Å². The molecule has 2 aromatic carbocycles. The van der Waals surface area contributed by atoms with Gasteiger partial charge in [-0.15, -0.1) is 0 Å². The van der Waals surface area contributed by atoms with Gasteiger partial charge in [0.25, 0.3) is 0 Å². The summed E-state index contributed by atoms with van der Waals surface area (Å²) in [5.74, 6) is -0.586. The van der Waals surface area contributed by atoms with Crippen molar-refractivity contribution in [3.8, 4) is 0 Å². The molecule has 0 heterocycles. The zero-order valence-corrected chi connectivity index (χ0v) is 25.1. The highest BCUT2D eigenvalue weighted by molar-refractivity contribution is 7.92. The topological polar surface area (TPSA) is 86.8 Å². The molecule has 1 N–H and O–H groups in total. The Bertz CT molecular complexity index is 1250. The molecule has 7 nitrogen and oxygen atoms in total. The number of hydrogen-bond acceptors (Lipinski definition) is 4. The molecule has 0 spiro atoms. The minimum absolute atomic E-state index is 0.00598. The van der Waals surface area contributed by atoms with E-state index >= 15 is 0 Å². The van der Waals surface area contributed by atoms with Gasteiger partial charge < -0.3 is 10.2 Å². The highest BCUT2D eigenvalue weighted by Gasteiger charge is 2.30. The molecule has 0 aliphatic heterocycles. The van der Waals surface area contributed by atoms with Crippen molar-refractivity contribution in [3.63, 3.8) is 0 Å². The maximum atomic E-state index is 13.5. The summed E-state index contributed by atoms with van der Waals surface area (Å²) < 4.78 is 26.2. The first-order valence-corrected chi connectivity index (χ1v) is 15.7. The average molecular weight is 623 g/mol. The fourth-order valence-electron chi connectivity index (χ4n) is 4.49. The zero-order chi connectivity index (χ0) is 28.0. The Morgan fingerprint density at radius 3 is 2.26 bits per heavy atom. The third-order valence-electron chi connectivity index (χ3n) is 6.59. The van der Waals surface area contributed by atoms with Crippen molar-refractivity contribution >= 4 is 73.9 Å². The number of sulfonamides is 1. The van der Waals surface area contributed by atoms with E-state index in [0.717, 1.165) is 36.2 Å². The van der Waals surface area contributed by atoms with Gasteiger partial charge in [0, 0.05) is 46.2 Å². The fraction of sp³-hybridized carbons (Fsp3) is 0.462. The highest BCUT2D eigenvalue weighted by atomic mass is 35.5. The molecular weight excluding hydrogens is 592 g/mol. The van der Waals surface area contributed by atoms with E-state index in [2.05, 4.69) is 5.32 Å². The van der Waals surface area contributed by atoms with Crippen LogP contribution in [0.25, 0.3) is 0 Å². The van der Waals surface area contributed by atoms with Crippen LogP contribution in [0.2, 0.25) is 20.1 Å². The Labute approximate surface area is 244 Å². The van der Waals surface area contributed by atoms with Gasteiger partial charge in [0.05, 0.1) is 17.0 Å². The fourth-order valence-corrected chi connectivity index (χ4v) is 6.41. The van der Waals surface area contributed by atoms with Crippen molar-refractivity contribution in [1.82, 2.24) is 10.2 Å². The summed E-state index contributed by atoms with van der Waals surface area (Å²) in [5, 5.41) is 4.37. The number of benzene rings is 2. The summed E-state index contributed by atoms with van der Waals surface area (Å²) in [6.45, 7) is 1.70. The SMILES string of the molecule is CC(C(=O)NC1CCCC1)N(Cc1c(Cl)cccc1Cl)C(=O)CCCN(c1cc(Cl)ccc1Cl)S(C)(=O)=O. The number of halogens is 4. The Morgan fingerprint density at radius 2 is 1.66 bits per heavy atom. The molecule has 2 amide bonds. The number of nitrogens with zero attached hydrogens (tertiary/aromatic N) is 2. The molecule has 208 valence electrons. The summed E-state index contributed by atoms with van der Waals surface area (Å²) in [7, 11) is -3.71. The van der Waals surface area contributed by atoms with Crippen LogP contribution in [0, 0.1) is 0 Å². The van der Waals surface area contributed by atoms with Crippen LogP contribution in [0.15, 0.2) is 36.4 Å². The molecule has 3 rings (SSSR count). The Morgan fingerprint density at radius 1 is 1.03 bits per heavy atom. The van der Waals surface area contributed by atoms with E-state index in [1.165, 1.54) is 17.0 Å². The third kappa shape index (κ3) is 8.15. The number of anilines is 1. The van der Waals surface area contributed by atoms with Crippen molar-refractivity contribution in [2.24, 2.45) is 0 Å². The summed E-state index contributed by atoms with van der Waals surface area (Å²) in [6, 6.07) is 8.90. The maximum Gasteiger partial charge on any atom is 0.242 e. The van der Waals surface area contributed by atoms with Crippen LogP contribution in [-0.2, 0) is 26.2 Å². The molecule has 1 saturated carbocycles. The zero-order valence-electron chi connectivity index (χ0n) is 21.2. The minimum atomic E-state index is -3.71. The molecule has 1 atom stereocenters. The van der Waals surface area contributed by atoms with Crippen molar-refractivity contribution in [3.05, 3.63) is 62.1 Å². The van der Waals surface area contributed by atoms with Crippen LogP contribution in [0.3, 0.4) is 0 Å². The quantitative estimate of drug-likeness (QED) is 0.318. The molecule has 0 bridgehead atoms. The standard InChI is InChI=1S/C26H31Cl4N3O4S/c1-17(26(35)31-19-7-3-4-8-19)32(16-20-21(28)9-5-10-22(20)29)25(34)11-6-14-33(38(2,36)37)24-15-18(27)12-13-23(24)30/h5,9-10,12-13,15,17,19H,3-4,6-8,11,14,16H2,1-2H3,(H,31,35). The second-order valence-electron chi connectivity index (χ2n) is 9.42. The molecule has 1 aliphatic carbocycles. The number of rotatable bonds is 11. The van der Waals surface area contributed by atoms with E-state index in [0.29, 0.717) is 20.6 Å². The number of carbonyl (C=O) groups is 2. The van der Waals surface area contributed by atoms with E-state index in [-0.39, 0.29) is 54.5 Å². The first kappa shape index (κ1) is 30.8. The van der Waals surface area contributed by atoms with E-state index in [1.807, 2.05) is 0 Å². The van der Waals surface area contributed by atoms with Crippen LogP contribution < -0.4 is 9.62 Å². The molecular formula is C26H31Cl4N3O4S. The second kappa shape index (κ2) is 13.6. The molecule has 2 aromatic rings. The molecule has 1 aliphatic rings. The first-order chi connectivity index (χ1) is 17.9. The molecule has 0 saturated heterocycles. The molecule has 1 unspecified atom stereocenters. The Balaban J connectivity index is 1.78. The lowest BCUT2D eigenvalue weighted by Gasteiger charge is -2.31. The van der Waals surface area contributed by atoms with Crippen LogP contribution >= 0.6 is 46.4 Å². The van der Waals surface area contributed by atoms with Crippen LogP contribution in [-0.4, -0.2) is 50.0 Å². The van der Waals surface area contributed by atoms with Crippen molar-refractivity contribution in [2.45, 2.75) is 64.1 Å². The van der Waals surface area contributed by atoms with E-state index in [4.69, 9.17) is 46.4 Å². The lowest BCUT2D eigenvalue weighted by atomic mass is 10.1. The second-order valence-corrected chi connectivity index (χ2v) is 13.0. The third-order valence-corrected chi connectivity index (χ3v) is 9.03. The molecule has 12 heteroatoms. The predicted molar refractivity (Wildman–Crippen MR) is 155 cm³/mol. The van der Waals surface area contributed by atoms with Gasteiger partial charge in [-0.25, -0.2) is 8.42 Å². The minimum Gasteiger partial charge on any atom is -0.352 e. The van der Waals surface area contributed by atoms with Crippen LogP contribution in [0.1, 0.15) is 51.0 Å². The largest absolute Gasteiger partial charge is 0.352 e. The monoisotopic (exact) mass is 621 g/mol. The Hall–Kier alpha value is -1.71. The highest BCUT2D eigenvalue weighted by Crippen LogP contribution is 2.31. The van der Waals surface area contributed by atoms with Crippen molar-refractivity contribution in [1.29, 1.82) is 0 Å². The predicted octanol–water partition coefficient (Wildman–Crippen LogP) is 6.32. The Kier molecular flexibility index (Phi) is 11.0. The van der Waals surface area contributed by atoms with Gasteiger partial charge in [0.15, 0.2) is 0 Å². The van der Waals surface area contributed by atoms with Gasteiger partial charge in [-0.2, -0.15) is 0 Å². The van der Waals surface area contributed by atoms with Gasteiger partial charge in [0.2, 0.25) is 21.8 Å². The first-order valence-electron chi connectivity index (χ1n) is 12.3. The summed E-state index contributed by atoms with van der Waals surface area (Å²) in [6.07, 6.45) is 5.17. The van der Waals surface area contributed by atoms with E-state index in [1.54, 1.807) is 31.2 Å². The summed E-state index contributed by atoms with van der Waals surface area (Å²) in [4.78, 5) is 28.0. The summed E-state index contributed by atoms with van der Waals surface area (Å²) >= 11 is 25.1. The van der Waals surface area contributed by atoms with Crippen LogP contribution in [0.4, 0.5) is 5.69 Å². The lowest BCUT2D eigenvalue weighted by Crippen LogP contribution is -2.49. The normalized spacial score (nSPS) is 14.8.